The highest BCUT2D eigenvalue weighted by atomic mass is 16.5. The van der Waals surface area contributed by atoms with Gasteiger partial charge in [0, 0.05) is 42.9 Å². The van der Waals surface area contributed by atoms with Gasteiger partial charge in [-0.05, 0) is 55.5 Å². The first-order valence-electron chi connectivity index (χ1n) is 11.9. The number of rotatable bonds is 5. The molecule has 5 rings (SSSR count). The van der Waals surface area contributed by atoms with Crippen LogP contribution >= 0.6 is 0 Å². The number of ether oxygens (including phenoxy) is 1. The number of benzene rings is 2. The zero-order valence-electron chi connectivity index (χ0n) is 20.5. The van der Waals surface area contributed by atoms with Crippen LogP contribution in [0.1, 0.15) is 15.9 Å². The molecule has 0 aliphatic carbocycles. The van der Waals surface area contributed by atoms with E-state index in [1.165, 1.54) is 7.11 Å². The van der Waals surface area contributed by atoms with Crippen molar-refractivity contribution in [1.29, 1.82) is 0 Å². The van der Waals surface area contributed by atoms with Gasteiger partial charge in [-0.15, -0.1) is 10.2 Å². The Morgan fingerprint density at radius 3 is 2.05 bits per heavy atom. The minimum atomic E-state index is -0.317. The molecule has 0 unspecified atom stereocenters. The van der Waals surface area contributed by atoms with Crippen LogP contribution in [0.15, 0.2) is 71.3 Å². The summed E-state index contributed by atoms with van der Waals surface area (Å²) in [5, 5.41) is 11.1. The zero-order valence-corrected chi connectivity index (χ0v) is 20.5. The SMILES string of the molecule is COC(=O)N1CCN(c2ccc(NC(=O)c3ccc(-c4nnc(-c5ccc(C)cc5)o4)cc3)cn2)CC1. The monoisotopic (exact) mass is 498 g/mol. The lowest BCUT2D eigenvalue weighted by molar-refractivity contribution is 0.102. The topological polar surface area (TPSA) is 114 Å². The molecule has 1 aliphatic heterocycles. The van der Waals surface area contributed by atoms with E-state index in [0.29, 0.717) is 49.2 Å². The quantitative estimate of drug-likeness (QED) is 0.435. The van der Waals surface area contributed by atoms with Crippen LogP contribution in [0, 0.1) is 6.92 Å². The van der Waals surface area contributed by atoms with E-state index in [9.17, 15) is 9.59 Å². The molecule has 10 nitrogen and oxygen atoms in total. The lowest BCUT2D eigenvalue weighted by atomic mass is 10.1. The lowest BCUT2D eigenvalue weighted by Crippen LogP contribution is -2.49. The average Bonchev–Trinajstić information content (AvgIpc) is 3.44. The summed E-state index contributed by atoms with van der Waals surface area (Å²) in [4.78, 5) is 32.6. The van der Waals surface area contributed by atoms with Crippen LogP contribution in [0.25, 0.3) is 22.9 Å². The summed E-state index contributed by atoms with van der Waals surface area (Å²) in [5.41, 5.74) is 3.81. The fraction of sp³-hybridized carbons (Fsp3) is 0.222. The number of pyridine rings is 1. The van der Waals surface area contributed by atoms with Gasteiger partial charge in [-0.25, -0.2) is 9.78 Å². The smallest absolute Gasteiger partial charge is 0.409 e. The Kier molecular flexibility index (Phi) is 6.80. The zero-order chi connectivity index (χ0) is 25.8. The van der Waals surface area contributed by atoms with Crippen molar-refractivity contribution in [2.45, 2.75) is 6.92 Å². The number of methoxy groups -OCH3 is 1. The molecule has 37 heavy (non-hydrogen) atoms. The van der Waals surface area contributed by atoms with Crippen LogP contribution in [0.5, 0.6) is 0 Å². The number of nitrogens with one attached hydrogen (secondary N) is 1. The molecule has 0 atom stereocenters. The highest BCUT2D eigenvalue weighted by Crippen LogP contribution is 2.25. The first-order valence-corrected chi connectivity index (χ1v) is 11.9. The van der Waals surface area contributed by atoms with Gasteiger partial charge < -0.3 is 24.3 Å². The van der Waals surface area contributed by atoms with Crippen LogP contribution in [0.3, 0.4) is 0 Å². The average molecular weight is 499 g/mol. The van der Waals surface area contributed by atoms with E-state index in [-0.39, 0.29) is 12.0 Å². The fourth-order valence-corrected chi connectivity index (χ4v) is 4.01. The molecule has 2 aromatic carbocycles. The third-order valence-corrected chi connectivity index (χ3v) is 6.16. The summed E-state index contributed by atoms with van der Waals surface area (Å²) < 4.78 is 10.6. The second kappa shape index (κ2) is 10.5. The molecule has 1 aliphatic rings. The normalized spacial score (nSPS) is 13.4. The number of hydrogen-bond acceptors (Lipinski definition) is 8. The van der Waals surface area contributed by atoms with Crippen LogP contribution in [-0.2, 0) is 4.74 Å². The van der Waals surface area contributed by atoms with Gasteiger partial charge in [0.05, 0.1) is 19.0 Å². The Bertz CT molecular complexity index is 1380. The van der Waals surface area contributed by atoms with Crippen molar-refractivity contribution in [3.05, 3.63) is 78.0 Å². The summed E-state index contributed by atoms with van der Waals surface area (Å²) in [5.74, 6) is 1.36. The van der Waals surface area contributed by atoms with Crippen molar-refractivity contribution >= 4 is 23.5 Å². The number of hydrogen-bond donors (Lipinski definition) is 1. The molecule has 0 spiro atoms. The fourth-order valence-electron chi connectivity index (χ4n) is 4.01. The molecule has 1 fully saturated rings. The Balaban J connectivity index is 1.18. The molecule has 2 amide bonds. The van der Waals surface area contributed by atoms with E-state index >= 15 is 0 Å². The maximum absolute atomic E-state index is 12.7. The first kappa shape index (κ1) is 24.0. The van der Waals surface area contributed by atoms with E-state index in [4.69, 9.17) is 9.15 Å². The molecular weight excluding hydrogens is 472 g/mol. The van der Waals surface area contributed by atoms with Crippen LogP contribution < -0.4 is 10.2 Å². The lowest BCUT2D eigenvalue weighted by Gasteiger charge is -2.34. The number of carbonyl (C=O) groups is 2. The summed E-state index contributed by atoms with van der Waals surface area (Å²) in [6.07, 6.45) is 1.31. The number of carbonyl (C=O) groups excluding carboxylic acids is 2. The molecule has 2 aromatic heterocycles. The number of aryl methyl sites for hydroxylation is 1. The Labute approximate surface area is 213 Å². The summed E-state index contributed by atoms with van der Waals surface area (Å²) in [7, 11) is 1.38. The first-order chi connectivity index (χ1) is 18.0. The predicted octanol–water partition coefficient (Wildman–Crippen LogP) is 4.25. The standard InChI is InChI=1S/C27H26N6O4/c1-18-3-5-20(6-4-18)25-30-31-26(37-25)21-9-7-19(8-10-21)24(34)29-22-11-12-23(28-17-22)32-13-15-33(16-14-32)27(35)36-2/h3-12,17H,13-16H2,1-2H3,(H,29,34). The van der Waals surface area contributed by atoms with E-state index in [2.05, 4.69) is 25.4 Å². The Morgan fingerprint density at radius 2 is 1.49 bits per heavy atom. The van der Waals surface area contributed by atoms with Gasteiger partial charge in [-0.2, -0.15) is 0 Å². The maximum Gasteiger partial charge on any atom is 0.409 e. The summed E-state index contributed by atoms with van der Waals surface area (Å²) in [6, 6.07) is 18.5. The maximum atomic E-state index is 12.7. The molecular formula is C27H26N6O4. The number of aromatic nitrogens is 3. The van der Waals surface area contributed by atoms with Crippen LogP contribution in [0.2, 0.25) is 0 Å². The Morgan fingerprint density at radius 1 is 0.865 bits per heavy atom. The highest BCUT2D eigenvalue weighted by Gasteiger charge is 2.22. The number of anilines is 2. The van der Waals surface area contributed by atoms with E-state index < -0.39 is 0 Å². The minimum Gasteiger partial charge on any atom is -0.453 e. The van der Waals surface area contributed by atoms with Gasteiger partial charge in [0.1, 0.15) is 5.82 Å². The van der Waals surface area contributed by atoms with Crippen LogP contribution in [0.4, 0.5) is 16.3 Å². The van der Waals surface area contributed by atoms with E-state index in [1.807, 2.05) is 43.3 Å². The molecule has 188 valence electrons. The molecule has 0 radical (unpaired) electrons. The van der Waals surface area contributed by atoms with Gasteiger partial charge in [0.2, 0.25) is 11.8 Å². The summed E-state index contributed by atoms with van der Waals surface area (Å²) >= 11 is 0. The Hall–Kier alpha value is -4.73. The van der Waals surface area contributed by atoms with Crippen molar-refractivity contribution < 1.29 is 18.7 Å². The third kappa shape index (κ3) is 5.43. The van der Waals surface area contributed by atoms with Gasteiger partial charge in [-0.3, -0.25) is 4.79 Å². The van der Waals surface area contributed by atoms with Gasteiger partial charge >= 0.3 is 6.09 Å². The predicted molar refractivity (Wildman–Crippen MR) is 138 cm³/mol. The van der Waals surface area contributed by atoms with Gasteiger partial charge in [0.15, 0.2) is 0 Å². The molecule has 1 saturated heterocycles. The number of piperazine rings is 1. The van der Waals surface area contributed by atoms with Crippen molar-refractivity contribution in [3.8, 4) is 22.9 Å². The molecule has 1 N–H and O–H groups in total. The molecule has 4 aromatic rings. The van der Waals surface area contributed by atoms with Gasteiger partial charge in [-0.1, -0.05) is 17.7 Å². The van der Waals surface area contributed by atoms with Crippen molar-refractivity contribution in [2.75, 3.05) is 43.5 Å². The van der Waals surface area contributed by atoms with Crippen molar-refractivity contribution in [3.63, 3.8) is 0 Å². The molecule has 10 heteroatoms. The molecule has 0 saturated carbocycles. The molecule has 3 heterocycles. The second-order valence-corrected chi connectivity index (χ2v) is 8.66. The third-order valence-electron chi connectivity index (χ3n) is 6.16. The molecule has 0 bridgehead atoms. The summed E-state index contributed by atoms with van der Waals surface area (Å²) in [6.45, 7) is 4.48. The number of nitrogens with zero attached hydrogens (tertiary/aromatic N) is 5. The largest absolute Gasteiger partial charge is 0.453 e. The second-order valence-electron chi connectivity index (χ2n) is 8.66. The highest BCUT2D eigenvalue weighted by molar-refractivity contribution is 6.04. The minimum absolute atomic E-state index is 0.251. The van der Waals surface area contributed by atoms with Crippen LogP contribution in [-0.4, -0.2) is 65.4 Å². The number of amides is 2. The van der Waals surface area contributed by atoms with E-state index in [1.54, 1.807) is 35.4 Å². The van der Waals surface area contributed by atoms with E-state index in [0.717, 1.165) is 22.5 Å². The van der Waals surface area contributed by atoms with Gasteiger partial charge in [0.25, 0.3) is 5.91 Å². The van der Waals surface area contributed by atoms with Crippen molar-refractivity contribution in [1.82, 2.24) is 20.1 Å². The van der Waals surface area contributed by atoms with Crippen molar-refractivity contribution in [2.24, 2.45) is 0 Å².